The maximum atomic E-state index is 11.5. The number of anilines is 1. The highest BCUT2D eigenvalue weighted by Gasteiger charge is 2.26. The molecule has 1 aromatic heterocycles. The van der Waals surface area contributed by atoms with Crippen molar-refractivity contribution in [3.63, 3.8) is 0 Å². The van der Waals surface area contributed by atoms with Gasteiger partial charge in [-0.05, 0) is 24.4 Å². The summed E-state index contributed by atoms with van der Waals surface area (Å²) in [7, 11) is 1.65. The number of nitrogens with zero attached hydrogens (tertiary/aromatic N) is 4. The third-order valence-corrected chi connectivity index (χ3v) is 3.42. The van der Waals surface area contributed by atoms with Gasteiger partial charge in [-0.1, -0.05) is 11.6 Å². The molecule has 98 valence electrons. The van der Waals surface area contributed by atoms with Crippen molar-refractivity contribution in [1.29, 1.82) is 0 Å². The zero-order chi connectivity index (χ0) is 13.1. The summed E-state index contributed by atoms with van der Waals surface area (Å²) in [6, 6.07) is 0. The minimum absolute atomic E-state index is 0.0512. The standard InChI is InChI=1S/C10H13Cl2N5O/c1-13-9(18)6-2-4-17(5-3-6)8-7(11)15-16-10(12)14-8/h6H,2-5H2,1H3,(H,13,18). The summed E-state index contributed by atoms with van der Waals surface area (Å²) in [4.78, 5) is 17.6. The van der Waals surface area contributed by atoms with Gasteiger partial charge in [0.25, 0.3) is 0 Å². The van der Waals surface area contributed by atoms with Gasteiger partial charge in [0.05, 0.1) is 0 Å². The van der Waals surface area contributed by atoms with E-state index in [0.717, 1.165) is 12.8 Å². The first-order valence-electron chi connectivity index (χ1n) is 5.64. The Hall–Kier alpha value is -1.14. The van der Waals surface area contributed by atoms with E-state index in [1.165, 1.54) is 0 Å². The van der Waals surface area contributed by atoms with Crippen LogP contribution in [0.25, 0.3) is 0 Å². The van der Waals surface area contributed by atoms with Gasteiger partial charge < -0.3 is 10.2 Å². The van der Waals surface area contributed by atoms with E-state index in [4.69, 9.17) is 23.2 Å². The van der Waals surface area contributed by atoms with Crippen LogP contribution in [0.4, 0.5) is 5.82 Å². The highest BCUT2D eigenvalue weighted by atomic mass is 35.5. The van der Waals surface area contributed by atoms with Gasteiger partial charge in [-0.3, -0.25) is 4.79 Å². The monoisotopic (exact) mass is 289 g/mol. The maximum Gasteiger partial charge on any atom is 0.245 e. The molecule has 1 N–H and O–H groups in total. The Balaban J connectivity index is 2.05. The molecular formula is C10H13Cl2N5O. The predicted octanol–water partition coefficient (Wildman–Crippen LogP) is 1.14. The molecule has 0 aliphatic carbocycles. The van der Waals surface area contributed by atoms with Crippen LogP contribution in [0.3, 0.4) is 0 Å². The fourth-order valence-electron chi connectivity index (χ4n) is 2.04. The van der Waals surface area contributed by atoms with Crippen LogP contribution in [0.1, 0.15) is 12.8 Å². The van der Waals surface area contributed by atoms with Crippen LogP contribution in [0.2, 0.25) is 10.4 Å². The van der Waals surface area contributed by atoms with Gasteiger partial charge in [-0.2, -0.15) is 4.98 Å². The van der Waals surface area contributed by atoms with Crippen molar-refractivity contribution in [2.24, 2.45) is 5.92 Å². The molecule has 1 amide bonds. The second-order valence-corrected chi connectivity index (χ2v) is 4.77. The third-order valence-electron chi connectivity index (χ3n) is 3.01. The Bertz CT molecular complexity index is 448. The number of aromatic nitrogens is 3. The Labute approximate surface area is 115 Å². The average molecular weight is 290 g/mol. The second-order valence-electron chi connectivity index (χ2n) is 4.07. The van der Waals surface area contributed by atoms with E-state index in [0.29, 0.717) is 18.9 Å². The molecule has 0 atom stereocenters. The van der Waals surface area contributed by atoms with Crippen LogP contribution in [0, 0.1) is 5.92 Å². The summed E-state index contributed by atoms with van der Waals surface area (Å²) < 4.78 is 0. The topological polar surface area (TPSA) is 71.0 Å². The van der Waals surface area contributed by atoms with Gasteiger partial charge in [0, 0.05) is 26.1 Å². The van der Waals surface area contributed by atoms with Crippen molar-refractivity contribution in [2.45, 2.75) is 12.8 Å². The number of hydrogen-bond acceptors (Lipinski definition) is 5. The van der Waals surface area contributed by atoms with Gasteiger partial charge in [-0.15, -0.1) is 10.2 Å². The quantitative estimate of drug-likeness (QED) is 0.884. The lowest BCUT2D eigenvalue weighted by Gasteiger charge is -2.31. The summed E-state index contributed by atoms with van der Waals surface area (Å²) in [6.07, 6.45) is 1.52. The Morgan fingerprint density at radius 3 is 2.61 bits per heavy atom. The summed E-state index contributed by atoms with van der Waals surface area (Å²) in [6.45, 7) is 1.40. The van der Waals surface area contributed by atoms with Crippen molar-refractivity contribution in [3.05, 3.63) is 10.4 Å². The molecule has 2 rings (SSSR count). The van der Waals surface area contributed by atoms with Crippen molar-refractivity contribution >= 4 is 34.9 Å². The molecule has 8 heteroatoms. The molecule has 0 bridgehead atoms. The summed E-state index contributed by atoms with van der Waals surface area (Å²) in [5, 5.41) is 10.3. The van der Waals surface area contributed by atoms with Crippen LogP contribution < -0.4 is 10.2 Å². The molecular weight excluding hydrogens is 277 g/mol. The zero-order valence-corrected chi connectivity index (χ0v) is 11.4. The van der Waals surface area contributed by atoms with Gasteiger partial charge in [0.2, 0.25) is 11.2 Å². The maximum absolute atomic E-state index is 11.5. The van der Waals surface area contributed by atoms with Gasteiger partial charge in [0.1, 0.15) is 0 Å². The first kappa shape index (κ1) is 13.3. The molecule has 18 heavy (non-hydrogen) atoms. The van der Waals surface area contributed by atoms with Crippen LogP contribution in [0.15, 0.2) is 0 Å². The van der Waals surface area contributed by atoms with Crippen LogP contribution in [0.5, 0.6) is 0 Å². The number of rotatable bonds is 2. The zero-order valence-electron chi connectivity index (χ0n) is 9.86. The molecule has 0 unspecified atom stereocenters. The van der Waals surface area contributed by atoms with Crippen LogP contribution in [-0.2, 0) is 4.79 Å². The second kappa shape index (κ2) is 5.67. The van der Waals surface area contributed by atoms with E-state index in [-0.39, 0.29) is 22.3 Å². The lowest BCUT2D eigenvalue weighted by molar-refractivity contribution is -0.125. The Morgan fingerprint density at radius 2 is 2.00 bits per heavy atom. The number of carbonyl (C=O) groups excluding carboxylic acids is 1. The van der Waals surface area contributed by atoms with Crippen molar-refractivity contribution in [3.8, 4) is 0 Å². The van der Waals surface area contributed by atoms with E-state index in [9.17, 15) is 4.79 Å². The minimum Gasteiger partial charge on any atom is -0.359 e. The largest absolute Gasteiger partial charge is 0.359 e. The van der Waals surface area contributed by atoms with Gasteiger partial charge in [0.15, 0.2) is 11.0 Å². The highest BCUT2D eigenvalue weighted by molar-refractivity contribution is 6.32. The van der Waals surface area contributed by atoms with Crippen molar-refractivity contribution in [2.75, 3.05) is 25.0 Å². The number of nitrogens with one attached hydrogen (secondary N) is 1. The molecule has 6 nitrogen and oxygen atoms in total. The molecule has 2 heterocycles. The fraction of sp³-hybridized carbons (Fsp3) is 0.600. The summed E-state index contributed by atoms with van der Waals surface area (Å²) in [5.74, 6) is 0.668. The molecule has 1 aliphatic heterocycles. The number of amides is 1. The summed E-state index contributed by atoms with van der Waals surface area (Å²) >= 11 is 11.6. The molecule has 1 aromatic rings. The lowest BCUT2D eigenvalue weighted by atomic mass is 9.96. The van der Waals surface area contributed by atoms with Gasteiger partial charge in [-0.25, -0.2) is 0 Å². The molecule has 1 aliphatic rings. The highest BCUT2D eigenvalue weighted by Crippen LogP contribution is 2.26. The first-order chi connectivity index (χ1) is 8.61. The van der Waals surface area contributed by atoms with E-state index < -0.39 is 0 Å². The molecule has 0 saturated carbocycles. The number of halogens is 2. The van der Waals surface area contributed by atoms with E-state index in [1.54, 1.807) is 7.05 Å². The number of hydrogen-bond donors (Lipinski definition) is 1. The third kappa shape index (κ3) is 2.81. The van der Waals surface area contributed by atoms with Crippen molar-refractivity contribution in [1.82, 2.24) is 20.5 Å². The SMILES string of the molecule is CNC(=O)C1CCN(c2nc(Cl)nnc2Cl)CC1. The van der Waals surface area contributed by atoms with Crippen LogP contribution >= 0.6 is 23.2 Å². The van der Waals surface area contributed by atoms with E-state index in [1.807, 2.05) is 4.90 Å². The molecule has 0 spiro atoms. The summed E-state index contributed by atoms with van der Waals surface area (Å²) in [5.41, 5.74) is 0. The minimum atomic E-state index is 0.0512. The van der Waals surface area contributed by atoms with Gasteiger partial charge >= 0.3 is 0 Å². The van der Waals surface area contributed by atoms with Crippen molar-refractivity contribution < 1.29 is 4.79 Å². The molecule has 0 radical (unpaired) electrons. The van der Waals surface area contributed by atoms with E-state index >= 15 is 0 Å². The molecule has 1 fully saturated rings. The average Bonchev–Trinajstić information content (AvgIpc) is 2.41. The van der Waals surface area contributed by atoms with Crippen LogP contribution in [-0.4, -0.2) is 41.2 Å². The number of carbonyl (C=O) groups is 1. The predicted molar refractivity (Wildman–Crippen MR) is 68.9 cm³/mol. The Kier molecular flexibility index (Phi) is 4.19. The first-order valence-corrected chi connectivity index (χ1v) is 6.39. The fourth-order valence-corrected chi connectivity index (χ4v) is 2.36. The number of piperidine rings is 1. The Morgan fingerprint density at radius 1 is 1.33 bits per heavy atom. The molecule has 0 aromatic carbocycles. The molecule has 1 saturated heterocycles. The normalized spacial score (nSPS) is 16.7. The lowest BCUT2D eigenvalue weighted by Crippen LogP contribution is -2.40. The smallest absolute Gasteiger partial charge is 0.245 e. The van der Waals surface area contributed by atoms with E-state index in [2.05, 4.69) is 20.5 Å².